The summed E-state index contributed by atoms with van der Waals surface area (Å²) in [6, 6.07) is 9.13. The minimum absolute atomic E-state index is 0.0765. The fourth-order valence-corrected chi connectivity index (χ4v) is 1.82. The largest absolute Gasteiger partial charge is 0.448 e. The van der Waals surface area contributed by atoms with Gasteiger partial charge in [-0.05, 0) is 26.0 Å². The normalized spacial score (nSPS) is 11.6. The molecule has 0 saturated heterocycles. The fourth-order valence-electron chi connectivity index (χ4n) is 1.82. The molecule has 1 atom stereocenters. The maximum atomic E-state index is 12.3. The van der Waals surface area contributed by atoms with Crippen LogP contribution in [0.1, 0.15) is 23.1 Å². The molecule has 0 aliphatic rings. The van der Waals surface area contributed by atoms with Crippen molar-refractivity contribution in [2.24, 2.45) is 0 Å². The van der Waals surface area contributed by atoms with Crippen molar-refractivity contribution in [2.45, 2.75) is 20.0 Å². The SMILES string of the molecule is Cc1cnc(C(=O)O[C@H](C)C(=O)N(C)c2ccccc2)cn1. The third-order valence-corrected chi connectivity index (χ3v) is 3.10. The quantitative estimate of drug-likeness (QED) is 0.807. The molecule has 0 radical (unpaired) electrons. The highest BCUT2D eigenvalue weighted by Crippen LogP contribution is 2.13. The summed E-state index contributed by atoms with van der Waals surface area (Å²) in [6.45, 7) is 3.30. The Balaban J connectivity index is 2.02. The van der Waals surface area contributed by atoms with E-state index in [2.05, 4.69) is 9.97 Å². The number of benzene rings is 1. The zero-order valence-electron chi connectivity index (χ0n) is 12.7. The van der Waals surface area contributed by atoms with Gasteiger partial charge in [-0.25, -0.2) is 9.78 Å². The van der Waals surface area contributed by atoms with Crippen LogP contribution in [0, 0.1) is 6.92 Å². The molecule has 2 aromatic rings. The highest BCUT2D eigenvalue weighted by atomic mass is 16.5. The monoisotopic (exact) mass is 299 g/mol. The van der Waals surface area contributed by atoms with E-state index < -0.39 is 12.1 Å². The molecular weight excluding hydrogens is 282 g/mol. The van der Waals surface area contributed by atoms with Crippen LogP contribution in [0.2, 0.25) is 0 Å². The molecule has 0 spiro atoms. The molecule has 6 heteroatoms. The van der Waals surface area contributed by atoms with E-state index in [0.29, 0.717) is 5.69 Å². The van der Waals surface area contributed by atoms with Gasteiger partial charge in [-0.3, -0.25) is 9.78 Å². The summed E-state index contributed by atoms with van der Waals surface area (Å²) in [7, 11) is 1.63. The number of likely N-dealkylation sites (N-methyl/N-ethyl adjacent to an activating group) is 1. The number of hydrogen-bond donors (Lipinski definition) is 0. The Labute approximate surface area is 128 Å². The maximum Gasteiger partial charge on any atom is 0.359 e. The lowest BCUT2D eigenvalue weighted by molar-refractivity contribution is -0.126. The van der Waals surface area contributed by atoms with E-state index in [1.807, 2.05) is 18.2 Å². The van der Waals surface area contributed by atoms with Gasteiger partial charge in [0.2, 0.25) is 0 Å². The van der Waals surface area contributed by atoms with Crippen LogP contribution in [-0.4, -0.2) is 35.0 Å². The number of amides is 1. The van der Waals surface area contributed by atoms with E-state index in [1.54, 1.807) is 26.1 Å². The molecule has 0 bridgehead atoms. The Kier molecular flexibility index (Phi) is 4.83. The molecular formula is C16H17N3O3. The summed E-state index contributed by atoms with van der Waals surface area (Å²) >= 11 is 0. The first-order chi connectivity index (χ1) is 10.5. The molecule has 1 aromatic carbocycles. The molecule has 1 heterocycles. The molecule has 22 heavy (non-hydrogen) atoms. The third-order valence-electron chi connectivity index (χ3n) is 3.10. The number of hydrogen-bond acceptors (Lipinski definition) is 5. The van der Waals surface area contributed by atoms with Crippen molar-refractivity contribution in [1.29, 1.82) is 0 Å². The molecule has 1 aromatic heterocycles. The van der Waals surface area contributed by atoms with Gasteiger partial charge in [0.15, 0.2) is 11.8 Å². The number of ether oxygens (including phenoxy) is 1. The van der Waals surface area contributed by atoms with E-state index in [4.69, 9.17) is 4.74 Å². The second kappa shape index (κ2) is 6.80. The minimum Gasteiger partial charge on any atom is -0.448 e. The van der Waals surface area contributed by atoms with Crippen molar-refractivity contribution in [2.75, 3.05) is 11.9 Å². The first-order valence-electron chi connectivity index (χ1n) is 6.81. The Morgan fingerprint density at radius 3 is 2.41 bits per heavy atom. The van der Waals surface area contributed by atoms with Crippen LogP contribution in [-0.2, 0) is 9.53 Å². The van der Waals surface area contributed by atoms with Gasteiger partial charge in [0, 0.05) is 18.9 Å². The van der Waals surface area contributed by atoms with Gasteiger partial charge in [0.25, 0.3) is 5.91 Å². The number of esters is 1. The van der Waals surface area contributed by atoms with Crippen molar-refractivity contribution in [3.05, 3.63) is 54.1 Å². The summed E-state index contributed by atoms with van der Waals surface area (Å²) in [5.41, 5.74) is 1.50. The standard InChI is InChI=1S/C16H17N3O3/c1-11-9-18-14(10-17-11)16(21)22-12(2)15(20)19(3)13-7-5-4-6-8-13/h4-10,12H,1-3H3/t12-/m1/s1. The van der Waals surface area contributed by atoms with E-state index in [0.717, 1.165) is 5.69 Å². The van der Waals surface area contributed by atoms with Crippen molar-refractivity contribution in [3.63, 3.8) is 0 Å². The van der Waals surface area contributed by atoms with Gasteiger partial charge in [-0.1, -0.05) is 18.2 Å². The summed E-state index contributed by atoms with van der Waals surface area (Å²) < 4.78 is 5.15. The van der Waals surface area contributed by atoms with Gasteiger partial charge in [0.05, 0.1) is 11.9 Å². The lowest BCUT2D eigenvalue weighted by Crippen LogP contribution is -2.37. The molecule has 6 nitrogen and oxygen atoms in total. The van der Waals surface area contributed by atoms with Crippen LogP contribution in [0.4, 0.5) is 5.69 Å². The van der Waals surface area contributed by atoms with E-state index in [-0.39, 0.29) is 11.6 Å². The Hall–Kier alpha value is -2.76. The van der Waals surface area contributed by atoms with Crippen molar-refractivity contribution < 1.29 is 14.3 Å². The summed E-state index contributed by atoms with van der Waals surface area (Å²) in [4.78, 5) is 33.6. The van der Waals surface area contributed by atoms with E-state index >= 15 is 0 Å². The van der Waals surface area contributed by atoms with Crippen LogP contribution >= 0.6 is 0 Å². The topological polar surface area (TPSA) is 72.4 Å². The predicted octanol–water partition coefficient (Wildman–Crippen LogP) is 1.99. The number of rotatable bonds is 4. The Bertz CT molecular complexity index is 656. The maximum absolute atomic E-state index is 12.3. The van der Waals surface area contributed by atoms with Gasteiger partial charge >= 0.3 is 5.97 Å². The molecule has 0 fully saturated rings. The lowest BCUT2D eigenvalue weighted by atomic mass is 10.2. The van der Waals surface area contributed by atoms with E-state index in [1.165, 1.54) is 24.2 Å². The van der Waals surface area contributed by atoms with Gasteiger partial charge in [-0.2, -0.15) is 0 Å². The molecule has 0 N–H and O–H groups in total. The summed E-state index contributed by atoms with van der Waals surface area (Å²) in [6.07, 6.45) is 1.88. The average Bonchev–Trinajstić information content (AvgIpc) is 2.54. The Morgan fingerprint density at radius 1 is 1.14 bits per heavy atom. The van der Waals surface area contributed by atoms with Crippen LogP contribution in [0.25, 0.3) is 0 Å². The minimum atomic E-state index is -0.916. The molecule has 0 saturated carbocycles. The summed E-state index contributed by atoms with van der Waals surface area (Å²) in [5, 5.41) is 0. The second-order valence-electron chi connectivity index (χ2n) is 4.82. The Morgan fingerprint density at radius 2 is 1.82 bits per heavy atom. The van der Waals surface area contributed by atoms with Gasteiger partial charge < -0.3 is 9.64 Å². The van der Waals surface area contributed by atoms with Crippen molar-refractivity contribution >= 4 is 17.6 Å². The molecule has 0 aliphatic carbocycles. The van der Waals surface area contributed by atoms with Crippen molar-refractivity contribution in [3.8, 4) is 0 Å². The number of aromatic nitrogens is 2. The molecule has 2 rings (SSSR count). The zero-order valence-corrected chi connectivity index (χ0v) is 12.7. The first-order valence-corrected chi connectivity index (χ1v) is 6.81. The number of carbonyl (C=O) groups is 2. The average molecular weight is 299 g/mol. The van der Waals surface area contributed by atoms with Crippen LogP contribution in [0.15, 0.2) is 42.7 Å². The van der Waals surface area contributed by atoms with Crippen LogP contribution < -0.4 is 4.90 Å². The zero-order chi connectivity index (χ0) is 16.1. The highest BCUT2D eigenvalue weighted by Gasteiger charge is 2.23. The smallest absolute Gasteiger partial charge is 0.359 e. The first kappa shape index (κ1) is 15.6. The molecule has 114 valence electrons. The number of para-hydroxylation sites is 1. The van der Waals surface area contributed by atoms with E-state index in [9.17, 15) is 9.59 Å². The number of nitrogens with zero attached hydrogens (tertiary/aromatic N) is 3. The number of aryl methyl sites for hydroxylation is 1. The third kappa shape index (κ3) is 3.66. The second-order valence-corrected chi connectivity index (χ2v) is 4.82. The molecule has 0 unspecified atom stereocenters. The van der Waals surface area contributed by atoms with Crippen molar-refractivity contribution in [1.82, 2.24) is 9.97 Å². The van der Waals surface area contributed by atoms with Gasteiger partial charge in [-0.15, -0.1) is 0 Å². The number of anilines is 1. The highest BCUT2D eigenvalue weighted by molar-refractivity contribution is 5.98. The predicted molar refractivity (Wildman–Crippen MR) is 81.5 cm³/mol. The summed E-state index contributed by atoms with van der Waals surface area (Å²) in [5.74, 6) is -0.991. The number of carbonyl (C=O) groups excluding carboxylic acids is 2. The fraction of sp³-hybridized carbons (Fsp3) is 0.250. The molecule has 0 aliphatic heterocycles. The van der Waals surface area contributed by atoms with Crippen LogP contribution in [0.3, 0.4) is 0 Å². The van der Waals surface area contributed by atoms with Gasteiger partial charge in [0.1, 0.15) is 0 Å². The van der Waals surface area contributed by atoms with Crippen LogP contribution in [0.5, 0.6) is 0 Å². The lowest BCUT2D eigenvalue weighted by Gasteiger charge is -2.21. The molecule has 1 amide bonds.